The molecule has 6 heteroatoms. The average molecular weight is 349 g/mol. The fourth-order valence-corrected chi connectivity index (χ4v) is 2.61. The summed E-state index contributed by atoms with van der Waals surface area (Å²) in [6, 6.07) is 9.67. The second kappa shape index (κ2) is 7.87. The number of ether oxygens (including phenoxy) is 3. The minimum absolute atomic E-state index is 0.101. The lowest BCUT2D eigenvalue weighted by molar-refractivity contribution is -0.167. The summed E-state index contributed by atoms with van der Waals surface area (Å²) in [5.41, 5.74) is -0.267. The molecule has 0 radical (unpaired) electrons. The summed E-state index contributed by atoms with van der Waals surface area (Å²) in [7, 11) is 0. The normalized spacial score (nSPS) is 20.4. The Labute approximate surface area is 149 Å². The second-order valence-electron chi connectivity index (χ2n) is 7.60. The van der Waals surface area contributed by atoms with Crippen molar-refractivity contribution in [3.05, 3.63) is 35.9 Å². The van der Waals surface area contributed by atoms with Crippen LogP contribution in [0.1, 0.15) is 39.7 Å². The number of carbonyl (C=O) groups excluding carboxylic acids is 2. The van der Waals surface area contributed by atoms with Gasteiger partial charge in [-0.3, -0.25) is 4.79 Å². The van der Waals surface area contributed by atoms with Crippen molar-refractivity contribution < 1.29 is 23.8 Å². The summed E-state index contributed by atoms with van der Waals surface area (Å²) < 4.78 is 16.0. The van der Waals surface area contributed by atoms with E-state index < -0.39 is 17.1 Å². The zero-order valence-corrected chi connectivity index (χ0v) is 15.4. The summed E-state index contributed by atoms with van der Waals surface area (Å²) in [6.45, 7) is 8.31. The van der Waals surface area contributed by atoms with Gasteiger partial charge in [-0.05, 0) is 39.7 Å². The molecule has 0 N–H and O–H groups in total. The average Bonchev–Trinajstić information content (AvgIpc) is 2.95. The van der Waals surface area contributed by atoms with Gasteiger partial charge in [-0.25, -0.2) is 4.79 Å². The number of nitrogens with zero attached hydrogens (tertiary/aromatic N) is 1. The highest BCUT2D eigenvalue weighted by molar-refractivity contribution is 5.79. The van der Waals surface area contributed by atoms with Gasteiger partial charge in [-0.1, -0.05) is 30.3 Å². The lowest BCUT2D eigenvalue weighted by Gasteiger charge is -2.26. The first kappa shape index (κ1) is 19.2. The van der Waals surface area contributed by atoms with Crippen molar-refractivity contribution in [2.75, 3.05) is 19.9 Å². The molecular weight excluding hydrogens is 322 g/mol. The molecule has 1 saturated heterocycles. The number of hydrogen-bond donors (Lipinski definition) is 0. The second-order valence-corrected chi connectivity index (χ2v) is 7.60. The molecule has 0 aromatic heterocycles. The number of hydrogen-bond acceptors (Lipinski definition) is 5. The van der Waals surface area contributed by atoms with Crippen LogP contribution < -0.4 is 0 Å². The van der Waals surface area contributed by atoms with Crippen LogP contribution in [-0.4, -0.2) is 42.4 Å². The molecule has 1 fully saturated rings. The standard InChI is InChI=1S/C19H27NO5/c1-18(2,3)25-17(22)20-11-10-19(4,13-20)16(21)24-14-23-12-15-8-6-5-7-9-15/h5-9H,10-14H2,1-4H3. The Hall–Kier alpha value is -2.08. The Kier molecular flexibility index (Phi) is 6.06. The maximum Gasteiger partial charge on any atom is 0.410 e. The number of esters is 1. The summed E-state index contributed by atoms with van der Waals surface area (Å²) in [5, 5.41) is 0. The third-order valence-corrected chi connectivity index (χ3v) is 4.00. The number of rotatable bonds is 5. The van der Waals surface area contributed by atoms with E-state index in [0.717, 1.165) is 5.56 Å². The van der Waals surface area contributed by atoms with E-state index in [9.17, 15) is 9.59 Å². The van der Waals surface area contributed by atoms with Gasteiger partial charge in [-0.15, -0.1) is 0 Å². The van der Waals surface area contributed by atoms with Crippen molar-refractivity contribution in [2.45, 2.75) is 46.3 Å². The number of amides is 1. The lowest BCUT2D eigenvalue weighted by atomic mass is 9.90. The molecule has 1 aromatic carbocycles. The monoisotopic (exact) mass is 349 g/mol. The fraction of sp³-hybridized carbons (Fsp3) is 0.579. The quantitative estimate of drug-likeness (QED) is 0.463. The molecule has 0 bridgehead atoms. The van der Waals surface area contributed by atoms with Crippen molar-refractivity contribution in [1.29, 1.82) is 0 Å². The van der Waals surface area contributed by atoms with Crippen LogP contribution in [0.25, 0.3) is 0 Å². The molecular formula is C19H27NO5. The molecule has 1 atom stereocenters. The van der Waals surface area contributed by atoms with E-state index in [1.165, 1.54) is 0 Å². The van der Waals surface area contributed by atoms with Crippen molar-refractivity contribution in [1.82, 2.24) is 4.90 Å². The van der Waals surface area contributed by atoms with Gasteiger partial charge in [-0.2, -0.15) is 0 Å². The SMILES string of the molecule is CC(C)(C)OC(=O)N1CCC(C)(C(=O)OCOCc2ccccc2)C1. The van der Waals surface area contributed by atoms with Gasteiger partial charge < -0.3 is 19.1 Å². The van der Waals surface area contributed by atoms with Gasteiger partial charge in [0.2, 0.25) is 0 Å². The maximum atomic E-state index is 12.4. The van der Waals surface area contributed by atoms with Gasteiger partial charge in [0.1, 0.15) is 5.60 Å². The molecule has 25 heavy (non-hydrogen) atoms. The number of carbonyl (C=O) groups is 2. The Morgan fingerprint density at radius 1 is 1.20 bits per heavy atom. The van der Waals surface area contributed by atoms with E-state index in [1.807, 2.05) is 51.1 Å². The topological polar surface area (TPSA) is 65.1 Å². The molecule has 1 heterocycles. The van der Waals surface area contributed by atoms with E-state index in [-0.39, 0.29) is 12.8 Å². The molecule has 1 aromatic rings. The molecule has 138 valence electrons. The minimum Gasteiger partial charge on any atom is -0.444 e. The fourth-order valence-electron chi connectivity index (χ4n) is 2.61. The first-order chi connectivity index (χ1) is 11.7. The highest BCUT2D eigenvalue weighted by Gasteiger charge is 2.44. The summed E-state index contributed by atoms with van der Waals surface area (Å²) >= 11 is 0. The van der Waals surface area contributed by atoms with Crippen LogP contribution in [0.4, 0.5) is 4.79 Å². The van der Waals surface area contributed by atoms with E-state index in [4.69, 9.17) is 14.2 Å². The molecule has 1 unspecified atom stereocenters. The summed E-state index contributed by atoms with van der Waals surface area (Å²) in [5.74, 6) is -0.355. The Bertz CT molecular complexity index is 596. The first-order valence-electron chi connectivity index (χ1n) is 8.46. The molecule has 1 aliphatic heterocycles. The molecule has 2 rings (SSSR count). The van der Waals surface area contributed by atoms with Crippen molar-refractivity contribution in [3.8, 4) is 0 Å². The van der Waals surface area contributed by atoms with Crippen molar-refractivity contribution in [3.63, 3.8) is 0 Å². The van der Waals surface area contributed by atoms with Crippen molar-refractivity contribution >= 4 is 12.1 Å². The van der Waals surface area contributed by atoms with Gasteiger partial charge >= 0.3 is 12.1 Å². The number of likely N-dealkylation sites (tertiary alicyclic amines) is 1. The zero-order chi connectivity index (χ0) is 18.5. The first-order valence-corrected chi connectivity index (χ1v) is 8.46. The highest BCUT2D eigenvalue weighted by atomic mass is 16.7. The molecule has 1 amide bonds. The van der Waals surface area contributed by atoms with Crippen LogP contribution in [0.15, 0.2) is 30.3 Å². The van der Waals surface area contributed by atoms with E-state index in [0.29, 0.717) is 26.1 Å². The Morgan fingerprint density at radius 2 is 1.88 bits per heavy atom. The van der Waals surface area contributed by atoms with Crippen LogP contribution in [0, 0.1) is 5.41 Å². The van der Waals surface area contributed by atoms with E-state index >= 15 is 0 Å². The van der Waals surface area contributed by atoms with Crippen LogP contribution in [-0.2, 0) is 25.6 Å². The summed E-state index contributed by atoms with van der Waals surface area (Å²) in [6.07, 6.45) is 0.147. The smallest absolute Gasteiger partial charge is 0.410 e. The molecule has 0 saturated carbocycles. The highest BCUT2D eigenvalue weighted by Crippen LogP contribution is 2.32. The van der Waals surface area contributed by atoms with E-state index in [1.54, 1.807) is 11.8 Å². The molecule has 6 nitrogen and oxygen atoms in total. The van der Waals surface area contributed by atoms with Crippen LogP contribution in [0.3, 0.4) is 0 Å². The van der Waals surface area contributed by atoms with Gasteiger partial charge in [0.25, 0.3) is 0 Å². The lowest BCUT2D eigenvalue weighted by Crippen LogP contribution is -2.39. The van der Waals surface area contributed by atoms with Gasteiger partial charge in [0.15, 0.2) is 6.79 Å². The Balaban J connectivity index is 1.76. The number of benzene rings is 1. The maximum absolute atomic E-state index is 12.4. The predicted molar refractivity (Wildman–Crippen MR) is 92.7 cm³/mol. The molecule has 0 spiro atoms. The van der Waals surface area contributed by atoms with Crippen molar-refractivity contribution in [2.24, 2.45) is 5.41 Å². The van der Waals surface area contributed by atoms with Crippen LogP contribution in [0.2, 0.25) is 0 Å². The van der Waals surface area contributed by atoms with E-state index in [2.05, 4.69) is 0 Å². The summed E-state index contributed by atoms with van der Waals surface area (Å²) in [4.78, 5) is 26.0. The molecule has 1 aliphatic rings. The predicted octanol–water partition coefficient (Wildman–Crippen LogP) is 3.35. The molecule has 0 aliphatic carbocycles. The van der Waals surface area contributed by atoms with Gasteiger partial charge in [0, 0.05) is 13.1 Å². The minimum atomic E-state index is -0.729. The Morgan fingerprint density at radius 3 is 2.52 bits per heavy atom. The third-order valence-electron chi connectivity index (χ3n) is 4.00. The third kappa shape index (κ3) is 5.74. The van der Waals surface area contributed by atoms with Crippen LogP contribution in [0.5, 0.6) is 0 Å². The largest absolute Gasteiger partial charge is 0.444 e. The van der Waals surface area contributed by atoms with Gasteiger partial charge in [0.05, 0.1) is 12.0 Å². The van der Waals surface area contributed by atoms with Crippen LogP contribution >= 0.6 is 0 Å². The zero-order valence-electron chi connectivity index (χ0n) is 15.4.